The average molecular weight is 188 g/mol. The van der Waals surface area contributed by atoms with E-state index in [-0.39, 0.29) is 12.6 Å². The zero-order chi connectivity index (χ0) is 10.1. The first-order chi connectivity index (χ1) is 5.98. The first-order valence-corrected chi connectivity index (χ1v) is 4.38. The summed E-state index contributed by atoms with van der Waals surface area (Å²) in [5.74, 6) is 0. The van der Waals surface area contributed by atoms with Crippen molar-refractivity contribution in [2.75, 3.05) is 13.2 Å². The Morgan fingerprint density at radius 2 is 2.38 bits per heavy atom. The number of rotatable bonds is 1. The van der Waals surface area contributed by atoms with Crippen LogP contribution in [0.5, 0.6) is 0 Å². The number of piperidine rings is 1. The molecule has 0 radical (unpaired) electrons. The Balaban J connectivity index is 2.61. The summed E-state index contributed by atoms with van der Waals surface area (Å²) in [6.07, 6.45) is 0.142. The maximum Gasteiger partial charge on any atom is 0.407 e. The molecule has 1 aliphatic rings. The standard InChI is InChI=1S/C8H16N2O3/c1-6-4-8(9,5-11)2-3-10(6)7(12)13/h6,11H,2-5,9H2,1H3,(H,12,13)/t6-,8+/m0/s1. The summed E-state index contributed by atoms with van der Waals surface area (Å²) in [6, 6.07) is -0.108. The molecule has 0 unspecified atom stereocenters. The molecule has 0 aromatic rings. The van der Waals surface area contributed by atoms with Gasteiger partial charge < -0.3 is 20.8 Å². The summed E-state index contributed by atoms with van der Waals surface area (Å²) in [5, 5.41) is 17.8. The van der Waals surface area contributed by atoms with Crippen molar-refractivity contribution in [2.24, 2.45) is 5.73 Å². The van der Waals surface area contributed by atoms with Gasteiger partial charge in [-0.2, -0.15) is 0 Å². The van der Waals surface area contributed by atoms with Crippen LogP contribution in [-0.4, -0.2) is 45.9 Å². The monoisotopic (exact) mass is 188 g/mol. The van der Waals surface area contributed by atoms with Crippen LogP contribution in [0.4, 0.5) is 4.79 Å². The van der Waals surface area contributed by atoms with Gasteiger partial charge in [0, 0.05) is 18.1 Å². The van der Waals surface area contributed by atoms with Crippen molar-refractivity contribution in [3.05, 3.63) is 0 Å². The van der Waals surface area contributed by atoms with Crippen LogP contribution in [0, 0.1) is 0 Å². The Morgan fingerprint density at radius 1 is 1.77 bits per heavy atom. The van der Waals surface area contributed by atoms with E-state index in [1.54, 1.807) is 0 Å². The van der Waals surface area contributed by atoms with Crippen molar-refractivity contribution >= 4 is 6.09 Å². The van der Waals surface area contributed by atoms with Gasteiger partial charge in [0.15, 0.2) is 0 Å². The summed E-state index contributed by atoms with van der Waals surface area (Å²) in [4.78, 5) is 12.0. The van der Waals surface area contributed by atoms with Crippen molar-refractivity contribution < 1.29 is 15.0 Å². The predicted molar refractivity (Wildman–Crippen MR) is 47.4 cm³/mol. The third kappa shape index (κ3) is 2.10. The number of hydrogen-bond donors (Lipinski definition) is 3. The molecule has 0 saturated carbocycles. The fourth-order valence-corrected chi connectivity index (χ4v) is 1.79. The van der Waals surface area contributed by atoms with Gasteiger partial charge in [-0.1, -0.05) is 0 Å². The molecule has 4 N–H and O–H groups in total. The second kappa shape index (κ2) is 3.51. The molecule has 0 aromatic heterocycles. The van der Waals surface area contributed by atoms with E-state index < -0.39 is 11.6 Å². The number of aliphatic hydroxyl groups is 1. The van der Waals surface area contributed by atoms with E-state index >= 15 is 0 Å². The lowest BCUT2D eigenvalue weighted by atomic mass is 9.85. The van der Waals surface area contributed by atoms with E-state index in [2.05, 4.69) is 0 Å². The molecule has 0 bridgehead atoms. The van der Waals surface area contributed by atoms with Crippen LogP contribution < -0.4 is 5.73 Å². The van der Waals surface area contributed by atoms with Gasteiger partial charge in [0.25, 0.3) is 0 Å². The van der Waals surface area contributed by atoms with E-state index in [9.17, 15) is 4.79 Å². The second-order valence-electron chi connectivity index (χ2n) is 3.80. The molecule has 1 rings (SSSR count). The summed E-state index contributed by atoms with van der Waals surface area (Å²) in [7, 11) is 0. The fourth-order valence-electron chi connectivity index (χ4n) is 1.79. The maximum atomic E-state index is 10.7. The van der Waals surface area contributed by atoms with Crippen molar-refractivity contribution in [2.45, 2.75) is 31.3 Å². The molecule has 1 saturated heterocycles. The van der Waals surface area contributed by atoms with E-state index in [4.69, 9.17) is 15.9 Å². The number of likely N-dealkylation sites (tertiary alicyclic amines) is 1. The number of nitrogens with zero attached hydrogens (tertiary/aromatic N) is 1. The lowest BCUT2D eigenvalue weighted by Crippen LogP contribution is -2.57. The normalized spacial score (nSPS) is 34.7. The quantitative estimate of drug-likeness (QED) is 0.533. The van der Waals surface area contributed by atoms with E-state index in [1.165, 1.54) is 4.90 Å². The molecule has 2 atom stereocenters. The van der Waals surface area contributed by atoms with Crippen molar-refractivity contribution in [3.8, 4) is 0 Å². The maximum absolute atomic E-state index is 10.7. The molecule has 5 heteroatoms. The minimum Gasteiger partial charge on any atom is -0.465 e. The SMILES string of the molecule is C[C@H]1C[C@@](N)(CO)CCN1C(=O)O. The second-order valence-corrected chi connectivity index (χ2v) is 3.80. The summed E-state index contributed by atoms with van der Waals surface area (Å²) in [5.41, 5.74) is 5.25. The van der Waals surface area contributed by atoms with Crippen LogP contribution in [0.25, 0.3) is 0 Å². The van der Waals surface area contributed by atoms with Gasteiger partial charge in [-0.3, -0.25) is 0 Å². The first kappa shape index (κ1) is 10.3. The molecular formula is C8H16N2O3. The Kier molecular flexibility index (Phi) is 2.77. The third-order valence-corrected chi connectivity index (χ3v) is 2.65. The largest absolute Gasteiger partial charge is 0.465 e. The lowest BCUT2D eigenvalue weighted by Gasteiger charge is -2.41. The molecule has 76 valence electrons. The molecule has 1 heterocycles. The summed E-state index contributed by atoms with van der Waals surface area (Å²) >= 11 is 0. The molecular weight excluding hydrogens is 172 g/mol. The van der Waals surface area contributed by atoms with Gasteiger partial charge in [-0.05, 0) is 19.8 Å². The molecule has 1 amide bonds. The van der Waals surface area contributed by atoms with Crippen LogP contribution >= 0.6 is 0 Å². The molecule has 0 aromatic carbocycles. The topological polar surface area (TPSA) is 86.8 Å². The number of carboxylic acid groups (broad SMARTS) is 1. The van der Waals surface area contributed by atoms with Gasteiger partial charge in [-0.15, -0.1) is 0 Å². The van der Waals surface area contributed by atoms with Gasteiger partial charge in [-0.25, -0.2) is 4.79 Å². The highest BCUT2D eigenvalue weighted by atomic mass is 16.4. The highest BCUT2D eigenvalue weighted by Crippen LogP contribution is 2.24. The van der Waals surface area contributed by atoms with Crippen LogP contribution in [0.3, 0.4) is 0 Å². The first-order valence-electron chi connectivity index (χ1n) is 4.38. The number of hydrogen-bond acceptors (Lipinski definition) is 3. The highest BCUT2D eigenvalue weighted by Gasteiger charge is 2.36. The smallest absolute Gasteiger partial charge is 0.407 e. The Hall–Kier alpha value is -0.810. The summed E-state index contributed by atoms with van der Waals surface area (Å²) < 4.78 is 0. The zero-order valence-corrected chi connectivity index (χ0v) is 7.73. The van der Waals surface area contributed by atoms with Gasteiger partial charge >= 0.3 is 6.09 Å². The van der Waals surface area contributed by atoms with Gasteiger partial charge in [0.2, 0.25) is 0 Å². The van der Waals surface area contributed by atoms with Crippen molar-refractivity contribution in [3.63, 3.8) is 0 Å². The Morgan fingerprint density at radius 3 is 2.77 bits per heavy atom. The number of carbonyl (C=O) groups is 1. The molecule has 13 heavy (non-hydrogen) atoms. The van der Waals surface area contributed by atoms with Gasteiger partial charge in [0.1, 0.15) is 0 Å². The van der Waals surface area contributed by atoms with E-state index in [1.807, 2.05) is 6.92 Å². The lowest BCUT2D eigenvalue weighted by molar-refractivity contribution is 0.0641. The third-order valence-electron chi connectivity index (χ3n) is 2.65. The van der Waals surface area contributed by atoms with Gasteiger partial charge in [0.05, 0.1) is 6.61 Å². The van der Waals surface area contributed by atoms with Crippen molar-refractivity contribution in [1.29, 1.82) is 0 Å². The number of nitrogens with two attached hydrogens (primary N) is 1. The summed E-state index contributed by atoms with van der Waals surface area (Å²) in [6.45, 7) is 2.14. The zero-order valence-electron chi connectivity index (χ0n) is 7.73. The fraction of sp³-hybridized carbons (Fsp3) is 0.875. The predicted octanol–water partition coefficient (Wildman–Crippen LogP) is -0.161. The molecule has 0 spiro atoms. The number of aliphatic hydroxyl groups excluding tert-OH is 1. The Labute approximate surface area is 77.1 Å². The molecule has 5 nitrogen and oxygen atoms in total. The Bertz CT molecular complexity index is 210. The van der Waals surface area contributed by atoms with Crippen LogP contribution in [0.1, 0.15) is 19.8 Å². The molecule has 1 fully saturated rings. The van der Waals surface area contributed by atoms with Crippen LogP contribution in [0.2, 0.25) is 0 Å². The molecule has 1 aliphatic heterocycles. The van der Waals surface area contributed by atoms with E-state index in [0.717, 1.165) is 0 Å². The average Bonchev–Trinajstić information content (AvgIpc) is 2.03. The minimum absolute atomic E-state index is 0.0786. The van der Waals surface area contributed by atoms with Crippen molar-refractivity contribution in [1.82, 2.24) is 4.90 Å². The number of amides is 1. The van der Waals surface area contributed by atoms with Crippen LogP contribution in [-0.2, 0) is 0 Å². The molecule has 0 aliphatic carbocycles. The van der Waals surface area contributed by atoms with E-state index in [0.29, 0.717) is 19.4 Å². The van der Waals surface area contributed by atoms with Crippen LogP contribution in [0.15, 0.2) is 0 Å². The minimum atomic E-state index is -0.910. The highest BCUT2D eigenvalue weighted by molar-refractivity contribution is 5.65.